The summed E-state index contributed by atoms with van der Waals surface area (Å²) in [5.74, 6) is -0.386. The second-order valence-electron chi connectivity index (χ2n) is 3.68. The van der Waals surface area contributed by atoms with E-state index in [9.17, 15) is 4.79 Å². The maximum atomic E-state index is 11.0. The van der Waals surface area contributed by atoms with Crippen molar-refractivity contribution in [3.05, 3.63) is 52.1 Å². The number of hydrogen-bond acceptors (Lipinski definition) is 3. The molecule has 1 aromatic heterocycles. The molecule has 0 saturated heterocycles. The number of carbonyl (C=O) groups is 1. The molecule has 2 rings (SSSR count). The van der Waals surface area contributed by atoms with Gasteiger partial charge in [0.2, 0.25) is 5.88 Å². The molecular formula is C13H10BrNO3. The van der Waals surface area contributed by atoms with Crippen molar-refractivity contribution in [3.63, 3.8) is 0 Å². The van der Waals surface area contributed by atoms with E-state index in [1.54, 1.807) is 30.5 Å². The van der Waals surface area contributed by atoms with E-state index >= 15 is 0 Å². The van der Waals surface area contributed by atoms with Crippen molar-refractivity contribution >= 4 is 21.9 Å². The number of nitrogens with zero attached hydrogens (tertiary/aromatic N) is 1. The first-order chi connectivity index (χ1) is 8.58. The Balaban J connectivity index is 2.34. The Hall–Kier alpha value is -1.88. The van der Waals surface area contributed by atoms with Crippen molar-refractivity contribution < 1.29 is 14.6 Å². The first-order valence-corrected chi connectivity index (χ1v) is 5.99. The number of rotatable bonds is 3. The van der Waals surface area contributed by atoms with Gasteiger partial charge in [-0.3, -0.25) is 0 Å². The van der Waals surface area contributed by atoms with Crippen molar-refractivity contribution in [2.45, 2.75) is 6.92 Å². The van der Waals surface area contributed by atoms with Crippen LogP contribution in [0.25, 0.3) is 0 Å². The van der Waals surface area contributed by atoms with Crippen molar-refractivity contribution in [2.24, 2.45) is 0 Å². The fourth-order valence-corrected chi connectivity index (χ4v) is 1.63. The molecule has 0 atom stereocenters. The number of carboxylic acids is 1. The number of halogens is 1. The fourth-order valence-electron chi connectivity index (χ4n) is 1.41. The van der Waals surface area contributed by atoms with E-state index < -0.39 is 5.97 Å². The number of ether oxygens (including phenoxy) is 1. The zero-order valence-corrected chi connectivity index (χ0v) is 11.1. The van der Waals surface area contributed by atoms with Gasteiger partial charge in [0, 0.05) is 16.7 Å². The van der Waals surface area contributed by atoms with Gasteiger partial charge in [0.15, 0.2) is 0 Å². The molecular weight excluding hydrogens is 298 g/mol. The van der Waals surface area contributed by atoms with Crippen LogP contribution in [0.5, 0.6) is 11.6 Å². The number of carboxylic acid groups (broad SMARTS) is 1. The predicted octanol–water partition coefficient (Wildman–Crippen LogP) is 3.64. The SMILES string of the molecule is Cc1cc(Oc2ccccc2C(=O)O)ncc1Br. The Morgan fingerprint density at radius 3 is 2.78 bits per heavy atom. The second kappa shape index (κ2) is 5.18. The molecule has 0 amide bonds. The molecule has 0 unspecified atom stereocenters. The van der Waals surface area contributed by atoms with Crippen LogP contribution in [0, 0.1) is 6.92 Å². The standard InChI is InChI=1S/C13H10BrNO3/c1-8-6-12(15-7-10(8)14)18-11-5-3-2-4-9(11)13(16)17/h2-7H,1H3,(H,16,17). The molecule has 0 aliphatic carbocycles. The lowest BCUT2D eigenvalue weighted by atomic mass is 10.2. The summed E-state index contributed by atoms with van der Waals surface area (Å²) in [5, 5.41) is 9.03. The van der Waals surface area contributed by atoms with Gasteiger partial charge in [-0.05, 0) is 40.5 Å². The lowest BCUT2D eigenvalue weighted by Crippen LogP contribution is -2.00. The third-order valence-corrected chi connectivity index (χ3v) is 3.18. The predicted molar refractivity (Wildman–Crippen MR) is 70.1 cm³/mol. The first kappa shape index (κ1) is 12.6. The van der Waals surface area contributed by atoms with Crippen LogP contribution in [-0.2, 0) is 0 Å². The Kier molecular flexibility index (Phi) is 3.62. The molecule has 5 heteroatoms. The maximum Gasteiger partial charge on any atom is 0.339 e. The Morgan fingerprint density at radius 2 is 2.11 bits per heavy atom. The minimum atomic E-state index is -1.03. The summed E-state index contributed by atoms with van der Waals surface area (Å²) in [6.45, 7) is 1.90. The molecule has 0 aliphatic rings. The van der Waals surface area contributed by atoms with E-state index in [2.05, 4.69) is 20.9 Å². The highest BCUT2D eigenvalue weighted by Gasteiger charge is 2.11. The van der Waals surface area contributed by atoms with E-state index in [4.69, 9.17) is 9.84 Å². The van der Waals surface area contributed by atoms with Gasteiger partial charge >= 0.3 is 5.97 Å². The average Bonchev–Trinajstić information content (AvgIpc) is 2.34. The van der Waals surface area contributed by atoms with E-state index in [1.165, 1.54) is 6.07 Å². The topological polar surface area (TPSA) is 59.4 Å². The number of benzene rings is 1. The number of pyridine rings is 1. The number of aromatic carboxylic acids is 1. The second-order valence-corrected chi connectivity index (χ2v) is 4.53. The summed E-state index contributed by atoms with van der Waals surface area (Å²) in [6.07, 6.45) is 1.62. The molecule has 0 aliphatic heterocycles. The van der Waals surface area contributed by atoms with Gasteiger partial charge in [-0.15, -0.1) is 0 Å². The molecule has 0 radical (unpaired) electrons. The van der Waals surface area contributed by atoms with Gasteiger partial charge in [-0.25, -0.2) is 9.78 Å². The van der Waals surface area contributed by atoms with Gasteiger partial charge in [-0.1, -0.05) is 12.1 Å². The van der Waals surface area contributed by atoms with Gasteiger partial charge in [-0.2, -0.15) is 0 Å². The van der Waals surface area contributed by atoms with Gasteiger partial charge < -0.3 is 9.84 Å². The zero-order chi connectivity index (χ0) is 13.1. The first-order valence-electron chi connectivity index (χ1n) is 5.20. The summed E-state index contributed by atoms with van der Waals surface area (Å²) >= 11 is 3.34. The van der Waals surface area contributed by atoms with Gasteiger partial charge in [0.25, 0.3) is 0 Å². The largest absolute Gasteiger partial charge is 0.478 e. The summed E-state index contributed by atoms with van der Waals surface area (Å²) < 4.78 is 6.37. The summed E-state index contributed by atoms with van der Waals surface area (Å²) in [4.78, 5) is 15.1. The Labute approximate surface area is 112 Å². The molecule has 0 fully saturated rings. The molecule has 0 saturated carbocycles. The van der Waals surface area contributed by atoms with E-state index in [0.717, 1.165) is 10.0 Å². The van der Waals surface area contributed by atoms with Crippen LogP contribution in [0.15, 0.2) is 41.0 Å². The number of aromatic nitrogens is 1. The highest BCUT2D eigenvalue weighted by molar-refractivity contribution is 9.10. The van der Waals surface area contributed by atoms with E-state index in [0.29, 0.717) is 5.88 Å². The molecule has 4 nitrogen and oxygen atoms in total. The highest BCUT2D eigenvalue weighted by atomic mass is 79.9. The van der Waals surface area contributed by atoms with Crippen LogP contribution in [0.3, 0.4) is 0 Å². The molecule has 1 heterocycles. The molecule has 1 aromatic carbocycles. The van der Waals surface area contributed by atoms with Crippen LogP contribution < -0.4 is 4.74 Å². The van der Waals surface area contributed by atoms with Gasteiger partial charge in [0.05, 0.1) is 0 Å². The fraction of sp³-hybridized carbons (Fsp3) is 0.0769. The lowest BCUT2D eigenvalue weighted by Gasteiger charge is -2.08. The van der Waals surface area contributed by atoms with Crippen molar-refractivity contribution in [1.82, 2.24) is 4.98 Å². The van der Waals surface area contributed by atoms with E-state index in [1.807, 2.05) is 6.92 Å². The van der Waals surface area contributed by atoms with Crippen LogP contribution in [0.2, 0.25) is 0 Å². The summed E-state index contributed by atoms with van der Waals surface area (Å²) in [7, 11) is 0. The Bertz CT molecular complexity index is 599. The van der Waals surface area contributed by atoms with Crippen LogP contribution in [-0.4, -0.2) is 16.1 Å². The molecule has 1 N–H and O–H groups in total. The van der Waals surface area contributed by atoms with Crippen molar-refractivity contribution in [2.75, 3.05) is 0 Å². The molecule has 92 valence electrons. The lowest BCUT2D eigenvalue weighted by molar-refractivity contribution is 0.0694. The van der Waals surface area contributed by atoms with Crippen LogP contribution in [0.1, 0.15) is 15.9 Å². The van der Waals surface area contributed by atoms with Crippen molar-refractivity contribution in [3.8, 4) is 11.6 Å². The molecule has 2 aromatic rings. The van der Waals surface area contributed by atoms with Crippen molar-refractivity contribution in [1.29, 1.82) is 0 Å². The van der Waals surface area contributed by atoms with Gasteiger partial charge in [0.1, 0.15) is 11.3 Å². The summed E-state index contributed by atoms with van der Waals surface area (Å²) in [5.41, 5.74) is 1.08. The third kappa shape index (κ3) is 2.68. The minimum absolute atomic E-state index is 0.111. The monoisotopic (exact) mass is 307 g/mol. The minimum Gasteiger partial charge on any atom is -0.478 e. The molecule has 18 heavy (non-hydrogen) atoms. The number of para-hydroxylation sites is 1. The maximum absolute atomic E-state index is 11.0. The zero-order valence-electron chi connectivity index (χ0n) is 9.55. The number of aryl methyl sites for hydroxylation is 1. The third-order valence-electron chi connectivity index (χ3n) is 2.35. The van der Waals surface area contributed by atoms with Crippen LogP contribution in [0.4, 0.5) is 0 Å². The normalized spacial score (nSPS) is 10.1. The van der Waals surface area contributed by atoms with E-state index in [-0.39, 0.29) is 11.3 Å². The highest BCUT2D eigenvalue weighted by Crippen LogP contribution is 2.26. The van der Waals surface area contributed by atoms with Crippen LogP contribution >= 0.6 is 15.9 Å². The summed E-state index contributed by atoms with van der Waals surface area (Å²) in [6, 6.07) is 8.19. The smallest absolute Gasteiger partial charge is 0.339 e. The average molecular weight is 308 g/mol. The Morgan fingerprint density at radius 1 is 1.39 bits per heavy atom. The quantitative estimate of drug-likeness (QED) is 0.940. The number of hydrogen-bond donors (Lipinski definition) is 1. The molecule has 0 spiro atoms. The molecule has 0 bridgehead atoms.